The smallest absolute Gasteiger partial charge is 0.410 e. The fourth-order valence-corrected chi connectivity index (χ4v) is 3.20. The van der Waals surface area contributed by atoms with Crippen molar-refractivity contribution in [3.8, 4) is 5.75 Å². The maximum Gasteiger partial charge on any atom is 0.410 e. The lowest BCUT2D eigenvalue weighted by molar-refractivity contribution is -0.131. The molecule has 0 radical (unpaired) electrons. The summed E-state index contributed by atoms with van der Waals surface area (Å²) in [7, 11) is 0. The van der Waals surface area contributed by atoms with Crippen molar-refractivity contribution in [3.63, 3.8) is 0 Å². The van der Waals surface area contributed by atoms with Crippen LogP contribution >= 0.6 is 0 Å². The summed E-state index contributed by atoms with van der Waals surface area (Å²) in [6.45, 7) is 6.26. The van der Waals surface area contributed by atoms with Crippen molar-refractivity contribution >= 4 is 24.0 Å². The lowest BCUT2D eigenvalue weighted by Gasteiger charge is -2.44. The van der Waals surface area contributed by atoms with Gasteiger partial charge in [-0.05, 0) is 44.5 Å². The highest BCUT2D eigenvalue weighted by Crippen LogP contribution is 2.34. The number of hydrogen-bond acceptors (Lipinski definition) is 5. The normalized spacial score (nSPS) is 18.4. The van der Waals surface area contributed by atoms with Gasteiger partial charge in [0.2, 0.25) is 0 Å². The number of benzene rings is 1. The van der Waals surface area contributed by atoms with Crippen molar-refractivity contribution in [1.29, 1.82) is 0 Å². The summed E-state index contributed by atoms with van der Waals surface area (Å²) in [4.78, 5) is 37.1. The highest BCUT2D eigenvalue weighted by atomic mass is 16.6. The van der Waals surface area contributed by atoms with E-state index in [-0.39, 0.29) is 12.0 Å². The van der Waals surface area contributed by atoms with E-state index < -0.39 is 17.3 Å². The molecule has 0 aromatic heterocycles. The van der Waals surface area contributed by atoms with Crippen LogP contribution in [0.25, 0.3) is 6.08 Å². The highest BCUT2D eigenvalue weighted by Gasteiger charge is 2.43. The molecule has 2 aliphatic rings. The minimum Gasteiger partial charge on any atom is -0.478 e. The first-order valence-electron chi connectivity index (χ1n) is 9.11. The third-order valence-electron chi connectivity index (χ3n) is 4.54. The van der Waals surface area contributed by atoms with E-state index in [1.807, 2.05) is 20.8 Å². The molecule has 1 aromatic carbocycles. The summed E-state index contributed by atoms with van der Waals surface area (Å²) in [5.74, 6) is -0.895. The number of rotatable bonds is 2. The maximum atomic E-state index is 12.6. The number of ether oxygens (including phenoxy) is 2. The predicted octanol–water partition coefficient (Wildman–Crippen LogP) is 2.63. The zero-order chi connectivity index (χ0) is 20.5. The molecule has 2 aliphatic heterocycles. The maximum absolute atomic E-state index is 12.6. The Morgan fingerprint density at radius 2 is 1.96 bits per heavy atom. The molecule has 1 aromatic rings. The Kier molecular flexibility index (Phi) is 5.06. The zero-order valence-corrected chi connectivity index (χ0v) is 16.2. The largest absolute Gasteiger partial charge is 0.478 e. The molecule has 0 saturated carbocycles. The number of amides is 2. The number of carbonyl (C=O) groups is 3. The van der Waals surface area contributed by atoms with Gasteiger partial charge in [-0.1, -0.05) is 6.07 Å². The van der Waals surface area contributed by atoms with Crippen LogP contribution in [0.1, 0.15) is 49.5 Å². The Bertz CT molecular complexity index is 832. The van der Waals surface area contributed by atoms with Crippen LogP contribution in [0, 0.1) is 0 Å². The molecule has 0 aliphatic carbocycles. The van der Waals surface area contributed by atoms with Crippen LogP contribution in [0.5, 0.6) is 5.75 Å². The molecule has 2 N–H and O–H groups in total. The third-order valence-corrected chi connectivity index (χ3v) is 4.54. The molecule has 150 valence electrons. The number of fused-ring (bicyclic) bond motifs is 1. The Morgan fingerprint density at radius 1 is 1.29 bits per heavy atom. The van der Waals surface area contributed by atoms with Crippen molar-refractivity contribution in [2.45, 2.75) is 44.9 Å². The van der Waals surface area contributed by atoms with Crippen molar-refractivity contribution in [2.75, 3.05) is 13.1 Å². The van der Waals surface area contributed by atoms with Gasteiger partial charge in [-0.25, -0.2) is 9.59 Å². The van der Waals surface area contributed by atoms with Crippen LogP contribution in [0.3, 0.4) is 0 Å². The second-order valence-corrected chi connectivity index (χ2v) is 7.95. The van der Waals surface area contributed by atoms with Gasteiger partial charge in [-0.2, -0.15) is 0 Å². The molecular formula is C20H24N2O6. The van der Waals surface area contributed by atoms with Gasteiger partial charge in [0.1, 0.15) is 11.4 Å². The van der Waals surface area contributed by atoms with Crippen molar-refractivity contribution in [1.82, 2.24) is 10.2 Å². The second kappa shape index (κ2) is 7.18. The fourth-order valence-electron chi connectivity index (χ4n) is 3.20. The summed E-state index contributed by atoms with van der Waals surface area (Å²) in [5, 5.41) is 11.6. The number of nitrogens with one attached hydrogen (secondary N) is 1. The first-order chi connectivity index (χ1) is 13.1. The molecule has 8 nitrogen and oxygen atoms in total. The summed E-state index contributed by atoms with van der Waals surface area (Å²) in [6, 6.07) is 4.95. The molecule has 8 heteroatoms. The van der Waals surface area contributed by atoms with Gasteiger partial charge >= 0.3 is 12.1 Å². The van der Waals surface area contributed by atoms with Gasteiger partial charge in [0.15, 0.2) is 5.72 Å². The Balaban J connectivity index is 1.70. The molecule has 2 amide bonds. The standard InChI is InChI=1S/C20H24N2O6/c1-19(2,3)28-18(26)22-10-8-20(9-11-22)21-17(25)14-12-13(5-7-16(23)24)4-6-15(14)27-20/h4-7,12H,8-11H2,1-3H3,(H,21,25)(H,23,24). The number of aliphatic carboxylic acids is 1. The van der Waals surface area contributed by atoms with Crippen LogP contribution in [0.4, 0.5) is 4.79 Å². The second-order valence-electron chi connectivity index (χ2n) is 7.95. The summed E-state index contributed by atoms with van der Waals surface area (Å²) < 4.78 is 11.5. The molecule has 1 fully saturated rings. The number of piperidine rings is 1. The van der Waals surface area contributed by atoms with E-state index in [4.69, 9.17) is 14.6 Å². The van der Waals surface area contributed by atoms with E-state index in [9.17, 15) is 14.4 Å². The van der Waals surface area contributed by atoms with E-state index in [1.54, 1.807) is 23.1 Å². The highest BCUT2D eigenvalue weighted by molar-refractivity contribution is 5.99. The van der Waals surface area contributed by atoms with Crippen LogP contribution in [0.2, 0.25) is 0 Å². The first kappa shape index (κ1) is 19.7. The molecule has 0 unspecified atom stereocenters. The summed E-state index contributed by atoms with van der Waals surface area (Å²) in [5.41, 5.74) is -0.475. The first-order valence-corrected chi connectivity index (χ1v) is 9.11. The minimum absolute atomic E-state index is 0.280. The molecular weight excluding hydrogens is 364 g/mol. The molecule has 1 saturated heterocycles. The number of carboxylic acid groups (broad SMARTS) is 1. The van der Waals surface area contributed by atoms with Gasteiger partial charge in [-0.3, -0.25) is 4.79 Å². The number of likely N-dealkylation sites (tertiary alicyclic amines) is 1. The van der Waals surface area contributed by atoms with Gasteiger partial charge in [-0.15, -0.1) is 0 Å². The van der Waals surface area contributed by atoms with Crippen LogP contribution < -0.4 is 10.1 Å². The van der Waals surface area contributed by atoms with Crippen LogP contribution in [-0.4, -0.2) is 52.4 Å². The van der Waals surface area contributed by atoms with Gasteiger partial charge < -0.3 is 24.8 Å². The topological polar surface area (TPSA) is 105 Å². The van der Waals surface area contributed by atoms with Crippen LogP contribution in [-0.2, 0) is 9.53 Å². The Hall–Kier alpha value is -3.03. The van der Waals surface area contributed by atoms with Crippen molar-refractivity contribution in [2.24, 2.45) is 0 Å². The Labute approximate surface area is 163 Å². The molecule has 28 heavy (non-hydrogen) atoms. The molecule has 3 rings (SSSR count). The van der Waals surface area contributed by atoms with E-state index in [2.05, 4.69) is 5.32 Å². The van der Waals surface area contributed by atoms with Crippen molar-refractivity contribution < 1.29 is 29.0 Å². The zero-order valence-electron chi connectivity index (χ0n) is 16.2. The van der Waals surface area contributed by atoms with E-state index in [0.717, 1.165) is 6.08 Å². The fraction of sp³-hybridized carbons (Fsp3) is 0.450. The predicted molar refractivity (Wildman–Crippen MR) is 101 cm³/mol. The monoisotopic (exact) mass is 388 g/mol. The van der Waals surface area contributed by atoms with E-state index >= 15 is 0 Å². The van der Waals surface area contributed by atoms with Crippen molar-refractivity contribution in [3.05, 3.63) is 35.4 Å². The van der Waals surface area contributed by atoms with Gasteiger partial charge in [0.05, 0.1) is 5.56 Å². The number of carbonyl (C=O) groups excluding carboxylic acids is 2. The average Bonchev–Trinajstić information content (AvgIpc) is 2.59. The summed E-state index contributed by atoms with van der Waals surface area (Å²) in [6.07, 6.45) is 2.94. The molecule has 0 bridgehead atoms. The minimum atomic E-state index is -1.06. The number of carboxylic acids is 1. The van der Waals surface area contributed by atoms with E-state index in [0.29, 0.717) is 42.8 Å². The average molecular weight is 388 g/mol. The van der Waals surface area contributed by atoms with Gasteiger partial charge in [0, 0.05) is 32.0 Å². The summed E-state index contributed by atoms with van der Waals surface area (Å²) >= 11 is 0. The molecule has 0 atom stereocenters. The molecule has 2 heterocycles. The lowest BCUT2D eigenvalue weighted by atomic mass is 9.96. The van der Waals surface area contributed by atoms with Crippen LogP contribution in [0.15, 0.2) is 24.3 Å². The van der Waals surface area contributed by atoms with E-state index in [1.165, 1.54) is 6.08 Å². The number of hydrogen-bond donors (Lipinski definition) is 2. The van der Waals surface area contributed by atoms with Gasteiger partial charge in [0.25, 0.3) is 5.91 Å². The number of nitrogens with zero attached hydrogens (tertiary/aromatic N) is 1. The SMILES string of the molecule is CC(C)(C)OC(=O)N1CCC2(CC1)NC(=O)c1cc(C=CC(=O)O)ccc1O2. The quantitative estimate of drug-likeness (QED) is 0.755. The molecule has 1 spiro atoms. The Morgan fingerprint density at radius 3 is 2.57 bits per heavy atom. The lowest BCUT2D eigenvalue weighted by Crippen LogP contribution is -2.61. The third kappa shape index (κ3) is 4.44.